The molecule has 2 atom stereocenters. The van der Waals surface area contributed by atoms with Crippen molar-refractivity contribution >= 4 is 16.9 Å². The molecule has 2 unspecified atom stereocenters. The summed E-state index contributed by atoms with van der Waals surface area (Å²) < 4.78 is 2.12. The van der Waals surface area contributed by atoms with Crippen LogP contribution in [-0.4, -0.2) is 46.3 Å². The number of fused-ring (bicyclic) bond motifs is 1. The lowest BCUT2D eigenvalue weighted by atomic mass is 10.1. The van der Waals surface area contributed by atoms with Gasteiger partial charge in [0.05, 0.1) is 0 Å². The van der Waals surface area contributed by atoms with Crippen LogP contribution in [0.15, 0.2) is 30.5 Å². The van der Waals surface area contributed by atoms with E-state index in [1.165, 1.54) is 16.5 Å². The number of aromatic nitrogens is 1. The van der Waals surface area contributed by atoms with Crippen LogP contribution in [0.1, 0.15) is 5.56 Å². The molecule has 0 radical (unpaired) electrons. The molecule has 1 fully saturated rings. The maximum absolute atomic E-state index is 11.1. The van der Waals surface area contributed by atoms with Crippen molar-refractivity contribution in [1.29, 1.82) is 0 Å². The molecule has 0 aliphatic carbocycles. The Morgan fingerprint density at radius 2 is 2.15 bits per heavy atom. The topological polar surface area (TPSA) is 57.5 Å². The fraction of sp³-hybridized carbons (Fsp3) is 0.400. The number of carboxylic acid groups (broad SMARTS) is 1. The molecule has 20 heavy (non-hydrogen) atoms. The van der Waals surface area contributed by atoms with Gasteiger partial charge in [-0.3, -0.25) is 10.2 Å². The first-order chi connectivity index (χ1) is 9.56. The molecule has 1 aliphatic rings. The molecule has 0 saturated carbocycles. The number of hydrogen-bond acceptors (Lipinski definition) is 3. The Kier molecular flexibility index (Phi) is 3.23. The van der Waals surface area contributed by atoms with Crippen LogP contribution in [0.4, 0.5) is 0 Å². The van der Waals surface area contributed by atoms with Gasteiger partial charge in [-0.2, -0.15) is 0 Å². The van der Waals surface area contributed by atoms with Crippen LogP contribution in [0.25, 0.3) is 10.9 Å². The van der Waals surface area contributed by atoms with E-state index in [0.29, 0.717) is 0 Å². The quantitative estimate of drug-likeness (QED) is 0.877. The van der Waals surface area contributed by atoms with Gasteiger partial charge >= 0.3 is 5.97 Å². The lowest BCUT2D eigenvalue weighted by molar-refractivity contribution is -0.142. The van der Waals surface area contributed by atoms with Crippen molar-refractivity contribution in [3.05, 3.63) is 36.0 Å². The van der Waals surface area contributed by atoms with Crippen LogP contribution in [-0.2, 0) is 18.3 Å². The smallest absolute Gasteiger partial charge is 0.335 e. The molecule has 5 heteroatoms. The van der Waals surface area contributed by atoms with E-state index in [1.807, 2.05) is 31.1 Å². The van der Waals surface area contributed by atoms with Gasteiger partial charge in [-0.25, -0.2) is 4.79 Å². The van der Waals surface area contributed by atoms with Gasteiger partial charge in [-0.15, -0.1) is 0 Å². The molecule has 5 nitrogen and oxygen atoms in total. The fourth-order valence-electron chi connectivity index (χ4n) is 3.09. The van der Waals surface area contributed by atoms with Crippen LogP contribution in [0.2, 0.25) is 0 Å². The Labute approximate surface area is 117 Å². The monoisotopic (exact) mass is 273 g/mol. The molecule has 0 amide bonds. The summed E-state index contributed by atoms with van der Waals surface area (Å²) >= 11 is 0. The average molecular weight is 273 g/mol. The van der Waals surface area contributed by atoms with Gasteiger partial charge in [-0.1, -0.05) is 18.2 Å². The minimum atomic E-state index is -0.812. The molecule has 1 aliphatic heterocycles. The van der Waals surface area contributed by atoms with E-state index in [0.717, 1.165) is 13.0 Å². The van der Waals surface area contributed by atoms with Crippen molar-refractivity contribution in [1.82, 2.24) is 14.8 Å². The summed E-state index contributed by atoms with van der Waals surface area (Å²) in [5, 5.41) is 13.6. The number of likely N-dealkylation sites (N-methyl/N-ethyl adjacent to an activating group) is 1. The number of carboxylic acids is 1. The lowest BCUT2D eigenvalue weighted by Gasteiger charge is -2.12. The SMILES string of the molecule is CN1CC(Cc2cn(C)c3ccccc23)NC1C(=O)O. The Bertz CT molecular complexity index is 650. The molecular formula is C15H19N3O2. The zero-order valence-corrected chi connectivity index (χ0v) is 11.7. The van der Waals surface area contributed by atoms with Gasteiger partial charge in [0, 0.05) is 36.7 Å². The van der Waals surface area contributed by atoms with Crippen molar-refractivity contribution in [2.75, 3.05) is 13.6 Å². The Balaban J connectivity index is 1.83. The zero-order chi connectivity index (χ0) is 14.3. The first-order valence-electron chi connectivity index (χ1n) is 6.78. The van der Waals surface area contributed by atoms with Gasteiger partial charge in [-0.05, 0) is 25.1 Å². The standard InChI is InChI=1S/C15H19N3O2/c1-17-8-10(12-5-3-4-6-13(12)17)7-11-9-18(2)14(16-11)15(19)20/h3-6,8,11,14,16H,7,9H2,1-2H3,(H,19,20). The number of rotatable bonds is 3. The van der Waals surface area contributed by atoms with E-state index in [2.05, 4.69) is 28.2 Å². The van der Waals surface area contributed by atoms with Gasteiger partial charge in [0.15, 0.2) is 6.17 Å². The largest absolute Gasteiger partial charge is 0.479 e. The number of benzene rings is 1. The fourth-order valence-corrected chi connectivity index (χ4v) is 3.09. The zero-order valence-electron chi connectivity index (χ0n) is 11.7. The Morgan fingerprint density at radius 3 is 2.85 bits per heavy atom. The van der Waals surface area contributed by atoms with Crippen LogP contribution in [0.5, 0.6) is 0 Å². The molecule has 0 spiro atoms. The van der Waals surface area contributed by atoms with Crippen molar-refractivity contribution < 1.29 is 9.90 Å². The number of aryl methyl sites for hydroxylation is 1. The second kappa shape index (κ2) is 4.92. The highest BCUT2D eigenvalue weighted by molar-refractivity contribution is 5.84. The minimum absolute atomic E-state index is 0.173. The number of nitrogens with zero attached hydrogens (tertiary/aromatic N) is 2. The molecular weight excluding hydrogens is 254 g/mol. The molecule has 2 heterocycles. The summed E-state index contributed by atoms with van der Waals surface area (Å²) in [6, 6.07) is 8.48. The first kappa shape index (κ1) is 13.1. The minimum Gasteiger partial charge on any atom is -0.479 e. The second-order valence-corrected chi connectivity index (χ2v) is 5.53. The summed E-state index contributed by atoms with van der Waals surface area (Å²) in [7, 11) is 3.88. The van der Waals surface area contributed by atoms with E-state index in [1.54, 1.807) is 0 Å². The Hall–Kier alpha value is -1.85. The highest BCUT2D eigenvalue weighted by atomic mass is 16.4. The van der Waals surface area contributed by atoms with E-state index in [9.17, 15) is 4.79 Å². The molecule has 3 rings (SSSR count). The molecule has 1 aromatic carbocycles. The molecule has 1 saturated heterocycles. The van der Waals surface area contributed by atoms with Crippen molar-refractivity contribution in [3.63, 3.8) is 0 Å². The average Bonchev–Trinajstić information content (AvgIpc) is 2.92. The maximum atomic E-state index is 11.1. The Morgan fingerprint density at radius 1 is 1.40 bits per heavy atom. The van der Waals surface area contributed by atoms with E-state index in [4.69, 9.17) is 5.11 Å². The predicted molar refractivity (Wildman–Crippen MR) is 77.6 cm³/mol. The van der Waals surface area contributed by atoms with E-state index in [-0.39, 0.29) is 6.04 Å². The highest BCUT2D eigenvalue weighted by Crippen LogP contribution is 2.22. The van der Waals surface area contributed by atoms with Crippen molar-refractivity contribution in [2.24, 2.45) is 7.05 Å². The van der Waals surface area contributed by atoms with E-state index < -0.39 is 12.1 Å². The summed E-state index contributed by atoms with van der Waals surface area (Å²) in [6.07, 6.45) is 2.41. The van der Waals surface area contributed by atoms with Gasteiger partial charge in [0.2, 0.25) is 0 Å². The summed E-state index contributed by atoms with van der Waals surface area (Å²) in [6.45, 7) is 0.750. The lowest BCUT2D eigenvalue weighted by Crippen LogP contribution is -2.41. The van der Waals surface area contributed by atoms with Crippen LogP contribution in [0.3, 0.4) is 0 Å². The molecule has 0 bridgehead atoms. The maximum Gasteiger partial charge on any atom is 0.335 e. The van der Waals surface area contributed by atoms with Crippen LogP contribution >= 0.6 is 0 Å². The van der Waals surface area contributed by atoms with Gasteiger partial charge in [0.1, 0.15) is 0 Å². The first-order valence-corrected chi connectivity index (χ1v) is 6.78. The molecule has 1 aromatic heterocycles. The summed E-state index contributed by atoms with van der Waals surface area (Å²) in [5.74, 6) is -0.812. The van der Waals surface area contributed by atoms with Crippen LogP contribution < -0.4 is 5.32 Å². The number of aliphatic carboxylic acids is 1. The number of nitrogens with one attached hydrogen (secondary N) is 1. The third-order valence-electron chi connectivity index (χ3n) is 4.02. The molecule has 106 valence electrons. The second-order valence-electron chi connectivity index (χ2n) is 5.53. The van der Waals surface area contributed by atoms with Crippen molar-refractivity contribution in [3.8, 4) is 0 Å². The van der Waals surface area contributed by atoms with Crippen molar-refractivity contribution in [2.45, 2.75) is 18.6 Å². The van der Waals surface area contributed by atoms with Gasteiger partial charge < -0.3 is 9.67 Å². The predicted octanol–water partition coefficient (Wildman–Crippen LogP) is 1.04. The van der Waals surface area contributed by atoms with E-state index >= 15 is 0 Å². The number of carbonyl (C=O) groups is 1. The summed E-state index contributed by atoms with van der Waals surface area (Å²) in [5.41, 5.74) is 2.48. The normalized spacial score (nSPS) is 23.5. The highest BCUT2D eigenvalue weighted by Gasteiger charge is 2.33. The van der Waals surface area contributed by atoms with Crippen LogP contribution in [0, 0.1) is 0 Å². The molecule has 2 N–H and O–H groups in total. The third kappa shape index (κ3) is 2.19. The number of hydrogen-bond donors (Lipinski definition) is 2. The summed E-state index contributed by atoms with van der Waals surface area (Å²) in [4.78, 5) is 13.0. The van der Waals surface area contributed by atoms with Gasteiger partial charge in [0.25, 0.3) is 0 Å². The third-order valence-corrected chi connectivity index (χ3v) is 4.02. The molecule has 2 aromatic rings. The number of para-hydroxylation sites is 1.